The van der Waals surface area contributed by atoms with E-state index in [9.17, 15) is 4.79 Å². The number of hydrogen-bond donors (Lipinski definition) is 3. The van der Waals surface area contributed by atoms with E-state index in [1.807, 2.05) is 31.2 Å². The van der Waals surface area contributed by atoms with Gasteiger partial charge in [-0.05, 0) is 24.6 Å². The van der Waals surface area contributed by atoms with Crippen molar-refractivity contribution in [2.24, 2.45) is 0 Å². The lowest BCUT2D eigenvalue weighted by molar-refractivity contribution is 0.0935. The van der Waals surface area contributed by atoms with E-state index in [1.54, 1.807) is 0 Å². The molecule has 2 rings (SSSR count). The fraction of sp³-hybridized carbons (Fsp3) is 0.214. The summed E-state index contributed by atoms with van der Waals surface area (Å²) in [5.41, 5.74) is 2.02. The predicted octanol–water partition coefficient (Wildman–Crippen LogP) is 0.639. The van der Waals surface area contributed by atoms with Crippen molar-refractivity contribution in [3.63, 3.8) is 0 Å². The van der Waals surface area contributed by atoms with Gasteiger partial charge >= 0.3 is 0 Å². The minimum absolute atomic E-state index is 0.154. The highest BCUT2D eigenvalue weighted by atomic mass is 16.2. The molecule has 6 heteroatoms. The molecule has 0 bridgehead atoms. The molecule has 1 unspecified atom stereocenters. The largest absolute Gasteiger partial charge is 0.384 e. The molecule has 0 radical (unpaired) electrons. The summed E-state index contributed by atoms with van der Waals surface area (Å²) in [6.07, 6.45) is 1.37. The van der Waals surface area contributed by atoms with Crippen molar-refractivity contribution < 1.29 is 9.90 Å². The summed E-state index contributed by atoms with van der Waals surface area (Å²) in [7, 11) is 0. The molecular weight excluding hydrogens is 256 g/mol. The van der Waals surface area contributed by atoms with Gasteiger partial charge in [-0.15, -0.1) is 0 Å². The molecule has 1 heterocycles. The van der Waals surface area contributed by atoms with Crippen LogP contribution >= 0.6 is 0 Å². The van der Waals surface area contributed by atoms with Crippen molar-refractivity contribution >= 4 is 5.91 Å². The summed E-state index contributed by atoms with van der Waals surface area (Å²) in [6, 6.07) is 7.30. The Bertz CT molecular complexity index is 623. The Hall–Kier alpha value is -2.65. The average Bonchev–Trinajstić information content (AvgIpc) is 3.00. The number of aliphatic hydroxyl groups excluding tert-OH is 1. The number of aromatic amines is 1. The van der Waals surface area contributed by atoms with E-state index in [1.165, 1.54) is 6.20 Å². The molecule has 3 N–H and O–H groups in total. The number of aromatic nitrogens is 3. The molecule has 0 saturated carbocycles. The van der Waals surface area contributed by atoms with Gasteiger partial charge in [-0.25, -0.2) is 0 Å². The average molecular weight is 270 g/mol. The lowest BCUT2D eigenvalue weighted by Crippen LogP contribution is -2.26. The lowest BCUT2D eigenvalue weighted by Gasteiger charge is -2.13. The molecule has 0 fully saturated rings. The van der Waals surface area contributed by atoms with Gasteiger partial charge in [0.25, 0.3) is 5.91 Å². The van der Waals surface area contributed by atoms with Crippen molar-refractivity contribution in [3.8, 4) is 11.8 Å². The number of hydrogen-bond acceptors (Lipinski definition) is 4. The van der Waals surface area contributed by atoms with Gasteiger partial charge in [0.1, 0.15) is 6.61 Å². The maximum Gasteiger partial charge on any atom is 0.273 e. The Morgan fingerprint density at radius 2 is 2.20 bits per heavy atom. The highest BCUT2D eigenvalue weighted by Crippen LogP contribution is 2.13. The zero-order valence-corrected chi connectivity index (χ0v) is 10.9. The number of carbonyl (C=O) groups excluding carboxylic acids is 1. The van der Waals surface area contributed by atoms with Crippen LogP contribution in [0.5, 0.6) is 0 Å². The van der Waals surface area contributed by atoms with E-state index in [0.29, 0.717) is 0 Å². The minimum Gasteiger partial charge on any atom is -0.384 e. The highest BCUT2D eigenvalue weighted by Gasteiger charge is 2.13. The molecule has 1 aromatic heterocycles. The van der Waals surface area contributed by atoms with Crippen LogP contribution in [0, 0.1) is 11.8 Å². The van der Waals surface area contributed by atoms with Crippen molar-refractivity contribution in [2.75, 3.05) is 6.61 Å². The second-order valence-electron chi connectivity index (χ2n) is 4.13. The summed E-state index contributed by atoms with van der Waals surface area (Å²) < 4.78 is 0. The van der Waals surface area contributed by atoms with Gasteiger partial charge in [0.05, 0.1) is 12.2 Å². The van der Waals surface area contributed by atoms with E-state index in [2.05, 4.69) is 32.6 Å². The van der Waals surface area contributed by atoms with E-state index < -0.39 is 0 Å². The van der Waals surface area contributed by atoms with Crippen LogP contribution in [0.2, 0.25) is 0 Å². The Labute approximate surface area is 116 Å². The molecular formula is C14H14N4O2. The summed E-state index contributed by atoms with van der Waals surface area (Å²) in [4.78, 5) is 11.8. The zero-order chi connectivity index (χ0) is 14.4. The maximum absolute atomic E-state index is 11.8. The number of amides is 1. The highest BCUT2D eigenvalue weighted by molar-refractivity contribution is 5.92. The van der Waals surface area contributed by atoms with Gasteiger partial charge in [0, 0.05) is 5.56 Å². The normalized spacial score (nSPS) is 11.3. The van der Waals surface area contributed by atoms with Crippen molar-refractivity contribution in [3.05, 3.63) is 47.3 Å². The van der Waals surface area contributed by atoms with E-state index in [0.717, 1.165) is 11.1 Å². The SMILES string of the molecule is CC(NC(=O)c1cn[nH]n1)c1ccc(C#CCO)cc1. The monoisotopic (exact) mass is 270 g/mol. The molecule has 0 spiro atoms. The van der Waals surface area contributed by atoms with Crippen LogP contribution in [0.1, 0.15) is 34.6 Å². The molecule has 0 aliphatic heterocycles. The predicted molar refractivity (Wildman–Crippen MR) is 72.7 cm³/mol. The number of benzene rings is 1. The first-order valence-corrected chi connectivity index (χ1v) is 6.07. The molecule has 6 nitrogen and oxygen atoms in total. The molecule has 1 atom stereocenters. The number of nitrogens with one attached hydrogen (secondary N) is 2. The Morgan fingerprint density at radius 3 is 2.80 bits per heavy atom. The van der Waals surface area contributed by atoms with Crippen LogP contribution < -0.4 is 5.32 Å². The molecule has 1 aromatic carbocycles. The van der Waals surface area contributed by atoms with Crippen LogP contribution in [0.3, 0.4) is 0 Å². The molecule has 1 amide bonds. The number of aliphatic hydroxyl groups is 1. The maximum atomic E-state index is 11.8. The second-order valence-corrected chi connectivity index (χ2v) is 4.13. The van der Waals surface area contributed by atoms with Gasteiger partial charge in [0.15, 0.2) is 5.69 Å². The third-order valence-electron chi connectivity index (χ3n) is 2.72. The first kappa shape index (κ1) is 13.8. The fourth-order valence-corrected chi connectivity index (χ4v) is 1.66. The molecule has 2 aromatic rings. The topological polar surface area (TPSA) is 90.9 Å². The summed E-state index contributed by atoms with van der Waals surface area (Å²) in [5.74, 6) is 5.11. The van der Waals surface area contributed by atoms with E-state index in [4.69, 9.17) is 5.11 Å². The fourth-order valence-electron chi connectivity index (χ4n) is 1.66. The third-order valence-corrected chi connectivity index (χ3v) is 2.72. The number of H-pyrrole nitrogens is 1. The first-order valence-electron chi connectivity index (χ1n) is 6.07. The van der Waals surface area contributed by atoms with Crippen molar-refractivity contribution in [1.29, 1.82) is 0 Å². The Morgan fingerprint density at radius 1 is 1.45 bits per heavy atom. The van der Waals surface area contributed by atoms with E-state index >= 15 is 0 Å². The first-order chi connectivity index (χ1) is 9.70. The molecule has 0 aliphatic carbocycles. The van der Waals surface area contributed by atoms with Crippen LogP contribution in [0.15, 0.2) is 30.5 Å². The van der Waals surface area contributed by atoms with Crippen molar-refractivity contribution in [1.82, 2.24) is 20.7 Å². The molecule has 102 valence electrons. The number of rotatable bonds is 3. The smallest absolute Gasteiger partial charge is 0.273 e. The van der Waals surface area contributed by atoms with Crippen molar-refractivity contribution in [2.45, 2.75) is 13.0 Å². The third kappa shape index (κ3) is 3.43. The summed E-state index contributed by atoms with van der Waals surface area (Å²) >= 11 is 0. The number of nitrogens with zero attached hydrogens (tertiary/aromatic N) is 2. The van der Waals surface area contributed by atoms with Gasteiger partial charge in [-0.2, -0.15) is 15.4 Å². The number of carbonyl (C=O) groups is 1. The Balaban J connectivity index is 2.02. The quantitative estimate of drug-likeness (QED) is 0.714. The minimum atomic E-state index is -0.282. The van der Waals surface area contributed by atoms with Gasteiger partial charge in [-0.3, -0.25) is 4.79 Å². The molecule has 0 aliphatic rings. The Kier molecular flexibility index (Phi) is 4.47. The van der Waals surface area contributed by atoms with Gasteiger partial charge < -0.3 is 10.4 Å². The standard InChI is InChI=1S/C14H14N4O2/c1-10(16-14(20)13-9-15-18-17-13)12-6-4-11(5-7-12)3-2-8-19/h4-7,9-10,19H,8H2,1H3,(H,16,20)(H,15,17,18). The van der Waals surface area contributed by atoms with E-state index in [-0.39, 0.29) is 24.2 Å². The van der Waals surface area contributed by atoms with Crippen LogP contribution in [-0.4, -0.2) is 33.0 Å². The van der Waals surface area contributed by atoms with Crippen LogP contribution in [0.4, 0.5) is 0 Å². The molecule has 20 heavy (non-hydrogen) atoms. The van der Waals surface area contributed by atoms with Gasteiger partial charge in [0.2, 0.25) is 0 Å². The van der Waals surface area contributed by atoms with Gasteiger partial charge in [-0.1, -0.05) is 24.0 Å². The summed E-state index contributed by atoms with van der Waals surface area (Å²) in [5, 5.41) is 21.2. The second kappa shape index (κ2) is 6.50. The van der Waals surface area contributed by atoms with Crippen LogP contribution in [-0.2, 0) is 0 Å². The zero-order valence-electron chi connectivity index (χ0n) is 10.9. The molecule has 0 saturated heterocycles. The lowest BCUT2D eigenvalue weighted by atomic mass is 10.1. The summed E-state index contributed by atoms with van der Waals surface area (Å²) in [6.45, 7) is 1.72. The van der Waals surface area contributed by atoms with Crippen LogP contribution in [0.25, 0.3) is 0 Å².